The van der Waals surface area contributed by atoms with E-state index in [1.807, 2.05) is 17.8 Å². The monoisotopic (exact) mass is 485 g/mol. The van der Waals surface area contributed by atoms with Gasteiger partial charge in [0.05, 0.1) is 11.0 Å². The molecule has 4 aromatic rings. The fourth-order valence-electron chi connectivity index (χ4n) is 3.99. The van der Waals surface area contributed by atoms with Crippen molar-refractivity contribution in [3.8, 4) is 22.6 Å². The molecule has 0 atom stereocenters. The van der Waals surface area contributed by atoms with E-state index in [9.17, 15) is 13.2 Å². The van der Waals surface area contributed by atoms with Gasteiger partial charge in [-0.2, -0.15) is 13.2 Å². The summed E-state index contributed by atoms with van der Waals surface area (Å²) in [5.41, 5.74) is 1.26. The predicted molar refractivity (Wildman–Crippen MR) is 130 cm³/mol. The van der Waals surface area contributed by atoms with Crippen LogP contribution in [-0.4, -0.2) is 25.8 Å². The summed E-state index contributed by atoms with van der Waals surface area (Å²) in [5, 5.41) is 0. The van der Waals surface area contributed by atoms with Crippen LogP contribution in [0, 0.1) is 0 Å². The van der Waals surface area contributed by atoms with E-state index in [-0.39, 0.29) is 16.7 Å². The molecule has 1 fully saturated rings. The van der Waals surface area contributed by atoms with Crippen molar-refractivity contribution in [2.75, 3.05) is 5.75 Å². The van der Waals surface area contributed by atoms with Gasteiger partial charge >= 0.3 is 5.51 Å². The van der Waals surface area contributed by atoms with Gasteiger partial charge in [0.15, 0.2) is 5.82 Å². The Bertz CT molecular complexity index is 1310. The molecule has 0 N–H and O–H groups in total. The van der Waals surface area contributed by atoms with Gasteiger partial charge in [0.2, 0.25) is 0 Å². The summed E-state index contributed by atoms with van der Waals surface area (Å²) in [4.78, 5) is 10.6. The average molecular weight is 486 g/mol. The Morgan fingerprint density at radius 2 is 1.79 bits per heavy atom. The smallest absolute Gasteiger partial charge is 0.326 e. The number of thioether (sulfide) groups is 2. The van der Waals surface area contributed by atoms with Gasteiger partial charge in [0.1, 0.15) is 5.69 Å². The third-order valence-electron chi connectivity index (χ3n) is 5.74. The third-order valence-corrected chi connectivity index (χ3v) is 7.37. The standard InChI is InChI=1S/C25H22F3N3S2/c1-3-32-22-12-18(17-8-6-16(7-9-17)15-4-5-15)14-29-23(22)24-30-20-13-19(33-25(26,27)28)10-11-21(20)31(24)2/h6-15H,3-5H2,1-2H3. The number of aryl methyl sites for hydroxylation is 1. The quantitative estimate of drug-likeness (QED) is 0.260. The van der Waals surface area contributed by atoms with Crippen molar-refractivity contribution < 1.29 is 13.2 Å². The zero-order chi connectivity index (χ0) is 23.2. The topological polar surface area (TPSA) is 30.7 Å². The summed E-state index contributed by atoms with van der Waals surface area (Å²) in [6.07, 6.45) is 4.41. The van der Waals surface area contributed by atoms with Crippen LogP contribution in [0.15, 0.2) is 64.5 Å². The highest BCUT2D eigenvalue weighted by Gasteiger charge is 2.29. The van der Waals surface area contributed by atoms with Gasteiger partial charge in [-0.3, -0.25) is 4.98 Å². The maximum absolute atomic E-state index is 12.8. The van der Waals surface area contributed by atoms with Crippen molar-refractivity contribution in [1.29, 1.82) is 0 Å². The maximum atomic E-state index is 12.8. The molecule has 2 aromatic carbocycles. The third kappa shape index (κ3) is 4.77. The molecule has 0 saturated heterocycles. The highest BCUT2D eigenvalue weighted by Crippen LogP contribution is 2.41. The van der Waals surface area contributed by atoms with Crippen molar-refractivity contribution >= 4 is 34.6 Å². The van der Waals surface area contributed by atoms with E-state index < -0.39 is 5.51 Å². The van der Waals surface area contributed by atoms with Gasteiger partial charge in [-0.15, -0.1) is 11.8 Å². The molecule has 5 rings (SSSR count). The van der Waals surface area contributed by atoms with Gasteiger partial charge in [0, 0.05) is 28.6 Å². The molecule has 1 aliphatic rings. The molecule has 0 aliphatic heterocycles. The number of aromatic nitrogens is 3. The van der Waals surface area contributed by atoms with E-state index in [0.29, 0.717) is 11.3 Å². The molecule has 33 heavy (non-hydrogen) atoms. The minimum atomic E-state index is -4.33. The number of alkyl halides is 3. The van der Waals surface area contributed by atoms with Crippen LogP contribution in [0.2, 0.25) is 0 Å². The lowest BCUT2D eigenvalue weighted by Crippen LogP contribution is -1.99. The first kappa shape index (κ1) is 22.3. The van der Waals surface area contributed by atoms with Gasteiger partial charge in [-0.25, -0.2) is 4.98 Å². The van der Waals surface area contributed by atoms with Gasteiger partial charge in [0.25, 0.3) is 0 Å². The Hall–Kier alpha value is -2.45. The number of imidazole rings is 1. The highest BCUT2D eigenvalue weighted by atomic mass is 32.2. The molecule has 0 spiro atoms. The Kier molecular flexibility index (Phi) is 5.91. The molecule has 0 radical (unpaired) electrons. The Labute approximate surface area is 198 Å². The lowest BCUT2D eigenvalue weighted by Gasteiger charge is -2.11. The number of hydrogen-bond acceptors (Lipinski definition) is 4. The second-order valence-corrected chi connectivity index (χ2v) is 10.5. The molecule has 2 heterocycles. The Balaban J connectivity index is 1.53. The normalized spacial score (nSPS) is 14.2. The fraction of sp³-hybridized carbons (Fsp3) is 0.280. The molecule has 2 aromatic heterocycles. The molecule has 0 bridgehead atoms. The van der Waals surface area contributed by atoms with E-state index in [2.05, 4.69) is 42.2 Å². The molecule has 3 nitrogen and oxygen atoms in total. The summed E-state index contributed by atoms with van der Waals surface area (Å²) >= 11 is 1.56. The molecule has 1 saturated carbocycles. The number of fused-ring (bicyclic) bond motifs is 1. The van der Waals surface area contributed by atoms with Crippen LogP contribution in [0.3, 0.4) is 0 Å². The summed E-state index contributed by atoms with van der Waals surface area (Å²) in [7, 11) is 1.87. The second-order valence-electron chi connectivity index (χ2n) is 8.09. The van der Waals surface area contributed by atoms with E-state index in [1.54, 1.807) is 17.8 Å². The number of pyridine rings is 1. The molecule has 8 heteroatoms. The number of rotatable bonds is 6. The van der Waals surface area contributed by atoms with Crippen molar-refractivity contribution in [2.24, 2.45) is 7.05 Å². The van der Waals surface area contributed by atoms with Crippen LogP contribution < -0.4 is 0 Å². The minimum absolute atomic E-state index is 0.125. The predicted octanol–water partition coefficient (Wildman–Crippen LogP) is 7.90. The van der Waals surface area contributed by atoms with Crippen LogP contribution in [0.1, 0.15) is 31.2 Å². The maximum Gasteiger partial charge on any atom is 0.446 e. The highest BCUT2D eigenvalue weighted by molar-refractivity contribution is 8.00. The summed E-state index contributed by atoms with van der Waals surface area (Å²) in [6.45, 7) is 2.08. The first-order valence-electron chi connectivity index (χ1n) is 10.8. The zero-order valence-electron chi connectivity index (χ0n) is 18.2. The second kappa shape index (κ2) is 8.72. The van der Waals surface area contributed by atoms with Crippen molar-refractivity contribution in [3.05, 3.63) is 60.3 Å². The van der Waals surface area contributed by atoms with Crippen molar-refractivity contribution in [2.45, 2.75) is 41.0 Å². The summed E-state index contributed by atoms with van der Waals surface area (Å²) < 4.78 is 40.3. The average Bonchev–Trinajstić information content (AvgIpc) is 3.57. The SMILES string of the molecule is CCSc1cc(-c2ccc(C3CC3)cc2)cnc1-c1nc2cc(SC(F)(F)F)ccc2n1C. The number of halogens is 3. The largest absolute Gasteiger partial charge is 0.446 e. The zero-order valence-corrected chi connectivity index (χ0v) is 19.8. The molecule has 1 aliphatic carbocycles. The molecule has 0 unspecified atom stereocenters. The van der Waals surface area contributed by atoms with Crippen molar-refractivity contribution in [3.63, 3.8) is 0 Å². The van der Waals surface area contributed by atoms with Crippen LogP contribution in [0.4, 0.5) is 13.2 Å². The van der Waals surface area contributed by atoms with Crippen LogP contribution in [-0.2, 0) is 7.05 Å². The van der Waals surface area contributed by atoms with Crippen LogP contribution in [0.25, 0.3) is 33.7 Å². The lowest BCUT2D eigenvalue weighted by molar-refractivity contribution is -0.0328. The van der Waals surface area contributed by atoms with E-state index in [1.165, 1.54) is 30.5 Å². The molecular weight excluding hydrogens is 463 g/mol. The number of nitrogens with zero attached hydrogens (tertiary/aromatic N) is 3. The van der Waals surface area contributed by atoms with Crippen LogP contribution >= 0.6 is 23.5 Å². The molecular formula is C25H22F3N3S2. The number of benzene rings is 2. The van der Waals surface area contributed by atoms with Crippen molar-refractivity contribution in [1.82, 2.24) is 14.5 Å². The number of hydrogen-bond donors (Lipinski definition) is 0. The van der Waals surface area contributed by atoms with Gasteiger partial charge in [-0.1, -0.05) is 31.2 Å². The fourth-order valence-corrected chi connectivity index (χ4v) is 5.36. The molecule has 170 valence electrons. The van der Waals surface area contributed by atoms with Gasteiger partial charge in [-0.05, 0) is 71.7 Å². The van der Waals surface area contributed by atoms with E-state index in [4.69, 9.17) is 4.98 Å². The molecule has 0 amide bonds. The van der Waals surface area contributed by atoms with E-state index >= 15 is 0 Å². The lowest BCUT2D eigenvalue weighted by atomic mass is 10.0. The van der Waals surface area contributed by atoms with Gasteiger partial charge < -0.3 is 4.57 Å². The minimum Gasteiger partial charge on any atom is -0.326 e. The Morgan fingerprint density at radius 3 is 2.45 bits per heavy atom. The summed E-state index contributed by atoms with van der Waals surface area (Å²) in [6, 6.07) is 15.5. The first-order chi connectivity index (χ1) is 15.8. The Morgan fingerprint density at radius 1 is 1.03 bits per heavy atom. The first-order valence-corrected chi connectivity index (χ1v) is 12.6. The summed E-state index contributed by atoms with van der Waals surface area (Å²) in [5.74, 6) is 2.24. The van der Waals surface area contributed by atoms with Crippen LogP contribution in [0.5, 0.6) is 0 Å². The van der Waals surface area contributed by atoms with E-state index in [0.717, 1.165) is 38.9 Å².